The first-order valence-corrected chi connectivity index (χ1v) is 5.28. The molecule has 74 valence electrons. The summed E-state index contributed by atoms with van der Waals surface area (Å²) in [4.78, 5) is 0.698. The van der Waals surface area contributed by atoms with Crippen LogP contribution in [0.1, 0.15) is 0 Å². The fraction of sp³-hybridized carbons (Fsp3) is 0.500. The van der Waals surface area contributed by atoms with Gasteiger partial charge in [0.1, 0.15) is 11.1 Å². The van der Waals surface area contributed by atoms with Gasteiger partial charge in [-0.05, 0) is 22.2 Å². The number of nitrogens with zero attached hydrogens (tertiary/aromatic N) is 2. The van der Waals surface area contributed by atoms with Gasteiger partial charge in [0.2, 0.25) is 0 Å². The lowest BCUT2D eigenvalue weighted by atomic mass is 10.6. The zero-order valence-corrected chi connectivity index (χ0v) is 9.00. The second-order valence-electron chi connectivity index (χ2n) is 2.28. The number of rotatable bonds is 2. The Morgan fingerprint density at radius 3 is 2.62 bits per heavy atom. The van der Waals surface area contributed by atoms with Gasteiger partial charge in [-0.25, -0.2) is 4.68 Å². The highest BCUT2D eigenvalue weighted by Gasteiger charge is 2.29. The molecular weight excluding hydrogens is 269 g/mol. The smallest absolute Gasteiger partial charge is 0.248 e. The van der Waals surface area contributed by atoms with Crippen LogP contribution in [0.5, 0.6) is 0 Å². The Balaban J connectivity index is 2.84. The van der Waals surface area contributed by atoms with Crippen LogP contribution in [0.2, 0.25) is 0 Å². The number of aromatic nitrogens is 2. The van der Waals surface area contributed by atoms with Crippen LogP contribution in [0.25, 0.3) is 0 Å². The summed E-state index contributed by atoms with van der Waals surface area (Å²) in [6.07, 6.45) is -1.05. The highest BCUT2D eigenvalue weighted by atomic mass is 79.9. The molecule has 1 heterocycles. The highest BCUT2D eigenvalue weighted by Crippen LogP contribution is 2.27. The Morgan fingerprint density at radius 1 is 1.62 bits per heavy atom. The second-order valence-corrected chi connectivity index (χ2v) is 3.88. The normalized spacial score (nSPS) is 12.1. The minimum Gasteiger partial charge on any atom is -0.248 e. The van der Waals surface area contributed by atoms with E-state index in [0.717, 1.165) is 4.68 Å². The molecule has 2 nitrogen and oxygen atoms in total. The predicted octanol–water partition coefficient (Wildman–Crippen LogP) is 2.93. The number of halogens is 4. The lowest BCUT2D eigenvalue weighted by Gasteiger charge is -2.07. The van der Waals surface area contributed by atoms with Gasteiger partial charge in [0.25, 0.3) is 0 Å². The van der Waals surface area contributed by atoms with Crippen molar-refractivity contribution in [2.75, 3.05) is 6.26 Å². The van der Waals surface area contributed by atoms with Crippen LogP contribution in [0.15, 0.2) is 15.7 Å². The van der Waals surface area contributed by atoms with Crippen LogP contribution >= 0.6 is 27.7 Å². The molecule has 0 aliphatic heterocycles. The fourth-order valence-electron chi connectivity index (χ4n) is 0.770. The summed E-state index contributed by atoms with van der Waals surface area (Å²) in [5, 5.41) is 3.60. The zero-order valence-electron chi connectivity index (χ0n) is 6.60. The van der Waals surface area contributed by atoms with Crippen LogP contribution in [-0.2, 0) is 6.54 Å². The second kappa shape index (κ2) is 3.91. The molecule has 0 spiro atoms. The van der Waals surface area contributed by atoms with E-state index in [1.807, 2.05) is 0 Å². The molecule has 0 saturated carbocycles. The standard InChI is InChI=1S/C6H6BrF3N2S/c1-13-4-2-11-12(5(4)7)3-6(8,9)10/h2H,3H2,1H3. The van der Waals surface area contributed by atoms with E-state index in [4.69, 9.17) is 0 Å². The summed E-state index contributed by atoms with van der Waals surface area (Å²) in [7, 11) is 0. The molecule has 1 aromatic heterocycles. The molecule has 0 radical (unpaired) electrons. The molecule has 7 heteroatoms. The van der Waals surface area contributed by atoms with Crippen LogP contribution in [0, 0.1) is 0 Å². The fourth-order valence-corrected chi connectivity index (χ4v) is 2.00. The largest absolute Gasteiger partial charge is 0.408 e. The van der Waals surface area contributed by atoms with Gasteiger partial charge in [0.15, 0.2) is 0 Å². The number of alkyl halides is 3. The van der Waals surface area contributed by atoms with Crippen LogP contribution in [0.4, 0.5) is 13.2 Å². The first-order chi connectivity index (χ1) is 5.94. The first-order valence-electron chi connectivity index (χ1n) is 3.26. The lowest BCUT2D eigenvalue weighted by molar-refractivity contribution is -0.143. The Hall–Kier alpha value is -0.170. The van der Waals surface area contributed by atoms with Crippen molar-refractivity contribution in [3.05, 3.63) is 10.8 Å². The van der Waals surface area contributed by atoms with Crippen molar-refractivity contribution < 1.29 is 13.2 Å². The lowest BCUT2D eigenvalue weighted by Crippen LogP contribution is -2.18. The topological polar surface area (TPSA) is 17.8 Å². The van der Waals surface area contributed by atoms with E-state index in [-0.39, 0.29) is 0 Å². The average Bonchev–Trinajstić information content (AvgIpc) is 2.30. The van der Waals surface area contributed by atoms with Crippen molar-refractivity contribution in [2.45, 2.75) is 17.6 Å². The van der Waals surface area contributed by atoms with Crippen LogP contribution < -0.4 is 0 Å². The third-order valence-electron chi connectivity index (χ3n) is 1.29. The number of hydrogen-bond acceptors (Lipinski definition) is 2. The molecule has 1 aromatic rings. The Bertz CT molecular complexity index is 297. The number of thioether (sulfide) groups is 1. The molecule has 1 rings (SSSR count). The quantitative estimate of drug-likeness (QED) is 0.772. The van der Waals surface area contributed by atoms with Gasteiger partial charge in [0, 0.05) is 0 Å². The van der Waals surface area contributed by atoms with Crippen molar-refractivity contribution in [1.29, 1.82) is 0 Å². The van der Waals surface area contributed by atoms with Gasteiger partial charge >= 0.3 is 6.18 Å². The summed E-state index contributed by atoms with van der Waals surface area (Å²) in [6.45, 7) is -1.06. The first kappa shape index (κ1) is 10.9. The van der Waals surface area contributed by atoms with Crippen LogP contribution in [-0.4, -0.2) is 22.2 Å². The van der Waals surface area contributed by atoms with E-state index in [1.54, 1.807) is 6.26 Å². The Kier molecular flexibility index (Phi) is 3.28. The molecular formula is C6H6BrF3N2S. The maximum atomic E-state index is 11.9. The Morgan fingerprint density at radius 2 is 2.23 bits per heavy atom. The summed E-state index contributed by atoms with van der Waals surface area (Å²) >= 11 is 4.39. The average molecular weight is 275 g/mol. The van der Waals surface area contributed by atoms with Crippen molar-refractivity contribution in [3.8, 4) is 0 Å². The van der Waals surface area contributed by atoms with Gasteiger partial charge in [-0.1, -0.05) is 0 Å². The van der Waals surface area contributed by atoms with Crippen LogP contribution in [0.3, 0.4) is 0 Å². The molecule has 0 aromatic carbocycles. The van der Waals surface area contributed by atoms with Crippen molar-refractivity contribution in [2.24, 2.45) is 0 Å². The van der Waals surface area contributed by atoms with E-state index >= 15 is 0 Å². The molecule has 0 saturated heterocycles. The summed E-state index contributed by atoms with van der Waals surface area (Å²) in [5.74, 6) is 0. The van der Waals surface area contributed by atoms with E-state index in [1.165, 1.54) is 18.0 Å². The van der Waals surface area contributed by atoms with Crippen molar-refractivity contribution in [1.82, 2.24) is 9.78 Å². The van der Waals surface area contributed by atoms with Gasteiger partial charge < -0.3 is 0 Å². The summed E-state index contributed by atoms with van der Waals surface area (Å²) in [5.41, 5.74) is 0. The molecule has 0 N–H and O–H groups in total. The van der Waals surface area contributed by atoms with E-state index in [2.05, 4.69) is 21.0 Å². The van der Waals surface area contributed by atoms with E-state index in [9.17, 15) is 13.2 Å². The predicted molar refractivity (Wildman–Crippen MR) is 47.8 cm³/mol. The molecule has 0 atom stereocenters. The highest BCUT2D eigenvalue weighted by molar-refractivity contribution is 9.10. The minimum atomic E-state index is -4.23. The molecule has 0 aliphatic carbocycles. The molecule has 0 aliphatic rings. The number of hydrogen-bond donors (Lipinski definition) is 0. The molecule has 0 fully saturated rings. The van der Waals surface area contributed by atoms with Gasteiger partial charge in [-0.2, -0.15) is 18.3 Å². The summed E-state index contributed by atoms with van der Waals surface area (Å²) < 4.78 is 37.1. The zero-order chi connectivity index (χ0) is 10.1. The third-order valence-corrected chi connectivity index (χ3v) is 3.13. The van der Waals surface area contributed by atoms with Gasteiger partial charge in [-0.15, -0.1) is 11.8 Å². The molecule has 0 bridgehead atoms. The maximum absolute atomic E-state index is 11.9. The monoisotopic (exact) mass is 274 g/mol. The molecule has 0 amide bonds. The molecule has 0 unspecified atom stereocenters. The summed E-state index contributed by atoms with van der Waals surface area (Å²) in [6, 6.07) is 0. The van der Waals surface area contributed by atoms with Gasteiger partial charge in [-0.3, -0.25) is 0 Å². The van der Waals surface area contributed by atoms with E-state index in [0.29, 0.717) is 9.50 Å². The maximum Gasteiger partial charge on any atom is 0.408 e. The van der Waals surface area contributed by atoms with Crippen molar-refractivity contribution >= 4 is 27.7 Å². The Labute approximate surface area is 85.6 Å². The van der Waals surface area contributed by atoms with Gasteiger partial charge in [0.05, 0.1) is 11.1 Å². The SMILES string of the molecule is CSc1cnn(CC(F)(F)F)c1Br. The van der Waals surface area contributed by atoms with Crippen molar-refractivity contribution in [3.63, 3.8) is 0 Å². The third kappa shape index (κ3) is 2.91. The minimum absolute atomic E-state index is 0.373. The molecule has 13 heavy (non-hydrogen) atoms. The van der Waals surface area contributed by atoms with E-state index < -0.39 is 12.7 Å².